The van der Waals surface area contributed by atoms with E-state index < -0.39 is 5.41 Å². The molecule has 0 radical (unpaired) electrons. The molecule has 1 heterocycles. The second-order valence-electron chi connectivity index (χ2n) is 8.84. The van der Waals surface area contributed by atoms with Crippen molar-refractivity contribution in [2.24, 2.45) is 0 Å². The van der Waals surface area contributed by atoms with Gasteiger partial charge >= 0.3 is 6.03 Å². The van der Waals surface area contributed by atoms with E-state index >= 15 is 0 Å². The molecule has 32 heavy (non-hydrogen) atoms. The van der Waals surface area contributed by atoms with Gasteiger partial charge in [-0.1, -0.05) is 37.5 Å². The molecule has 2 aliphatic rings. The summed E-state index contributed by atoms with van der Waals surface area (Å²) in [5.74, 6) is 1.50. The van der Waals surface area contributed by atoms with E-state index in [9.17, 15) is 9.59 Å². The van der Waals surface area contributed by atoms with Gasteiger partial charge in [0.25, 0.3) is 0 Å². The Balaban J connectivity index is 1.42. The van der Waals surface area contributed by atoms with Crippen LogP contribution in [0.1, 0.15) is 57.1 Å². The van der Waals surface area contributed by atoms with Crippen molar-refractivity contribution >= 4 is 17.6 Å². The quantitative estimate of drug-likeness (QED) is 0.622. The summed E-state index contributed by atoms with van der Waals surface area (Å²) < 4.78 is 11.0. The molecule has 1 aliphatic carbocycles. The Bertz CT molecular complexity index is 966. The van der Waals surface area contributed by atoms with Crippen LogP contribution in [0, 0.1) is 0 Å². The van der Waals surface area contributed by atoms with Crippen LogP contribution in [0.5, 0.6) is 11.5 Å². The molecule has 7 heteroatoms. The number of ether oxygens (including phenoxy) is 2. The van der Waals surface area contributed by atoms with E-state index in [0.717, 1.165) is 49.0 Å². The topological polar surface area (TPSA) is 88.7 Å². The van der Waals surface area contributed by atoms with Crippen molar-refractivity contribution in [3.63, 3.8) is 0 Å². The maximum absolute atomic E-state index is 13.5. The van der Waals surface area contributed by atoms with Crippen LogP contribution in [0.15, 0.2) is 42.5 Å². The summed E-state index contributed by atoms with van der Waals surface area (Å²) in [7, 11) is 0. The fourth-order valence-electron chi connectivity index (χ4n) is 4.48. The second-order valence-corrected chi connectivity index (χ2v) is 8.84. The van der Waals surface area contributed by atoms with Crippen LogP contribution in [0.4, 0.5) is 10.5 Å². The van der Waals surface area contributed by atoms with Gasteiger partial charge in [-0.05, 0) is 62.1 Å². The largest absolute Gasteiger partial charge is 0.454 e. The Hall–Kier alpha value is -3.22. The van der Waals surface area contributed by atoms with Gasteiger partial charge in [0.1, 0.15) is 0 Å². The predicted octanol–water partition coefficient (Wildman–Crippen LogP) is 4.46. The Morgan fingerprint density at radius 1 is 0.969 bits per heavy atom. The minimum Gasteiger partial charge on any atom is -0.454 e. The van der Waals surface area contributed by atoms with Crippen LogP contribution in [0.2, 0.25) is 0 Å². The molecule has 1 aliphatic heterocycles. The van der Waals surface area contributed by atoms with Crippen molar-refractivity contribution in [2.45, 2.75) is 64.0 Å². The van der Waals surface area contributed by atoms with Crippen LogP contribution >= 0.6 is 0 Å². The van der Waals surface area contributed by atoms with Crippen LogP contribution < -0.4 is 25.4 Å². The molecule has 0 unspecified atom stereocenters. The van der Waals surface area contributed by atoms with Gasteiger partial charge in [0.05, 0.1) is 5.41 Å². The monoisotopic (exact) mass is 437 g/mol. The fraction of sp³-hybridized carbons (Fsp3) is 0.440. The molecule has 3 N–H and O–H groups in total. The predicted molar refractivity (Wildman–Crippen MR) is 123 cm³/mol. The van der Waals surface area contributed by atoms with Crippen molar-refractivity contribution in [1.29, 1.82) is 0 Å². The van der Waals surface area contributed by atoms with Gasteiger partial charge < -0.3 is 25.4 Å². The van der Waals surface area contributed by atoms with Crippen molar-refractivity contribution in [2.75, 3.05) is 12.1 Å². The molecule has 0 aromatic heterocycles. The SMILES string of the molecule is CC(C)NC(=O)Nc1ccc(CNC(=O)C2(c3ccc4c(c3)OCO4)CCCCC2)cc1. The summed E-state index contributed by atoms with van der Waals surface area (Å²) in [5, 5.41) is 8.75. The van der Waals surface area contributed by atoms with Gasteiger partial charge in [0.15, 0.2) is 11.5 Å². The number of anilines is 1. The highest BCUT2D eigenvalue weighted by atomic mass is 16.7. The summed E-state index contributed by atoms with van der Waals surface area (Å²) in [6.07, 6.45) is 4.86. The highest BCUT2D eigenvalue weighted by molar-refractivity contribution is 5.90. The number of benzene rings is 2. The third kappa shape index (κ3) is 4.82. The first kappa shape index (κ1) is 22.0. The van der Waals surface area contributed by atoms with Gasteiger partial charge in [-0.25, -0.2) is 4.79 Å². The number of carbonyl (C=O) groups excluding carboxylic acids is 2. The van der Waals surface area contributed by atoms with E-state index in [1.54, 1.807) is 0 Å². The van der Waals surface area contributed by atoms with Crippen molar-refractivity contribution in [3.8, 4) is 11.5 Å². The van der Waals surface area contributed by atoms with Crippen LogP contribution in [0.25, 0.3) is 0 Å². The highest BCUT2D eigenvalue weighted by Gasteiger charge is 2.41. The zero-order chi connectivity index (χ0) is 22.6. The summed E-state index contributed by atoms with van der Waals surface area (Å²) >= 11 is 0. The van der Waals surface area contributed by atoms with E-state index in [1.807, 2.05) is 56.3 Å². The standard InChI is InChI=1S/C25H31N3O4/c1-17(2)27-24(30)28-20-9-6-18(7-10-20)15-26-23(29)25(12-4-3-5-13-25)19-8-11-21-22(14-19)32-16-31-21/h6-11,14,17H,3-5,12-13,15-16H2,1-2H3,(H,26,29)(H2,27,28,30). The third-order valence-corrected chi connectivity index (χ3v) is 6.15. The molecule has 170 valence electrons. The van der Waals surface area contributed by atoms with Crippen LogP contribution in [0.3, 0.4) is 0 Å². The number of fused-ring (bicyclic) bond motifs is 1. The Morgan fingerprint density at radius 2 is 1.69 bits per heavy atom. The maximum Gasteiger partial charge on any atom is 0.319 e. The fourth-order valence-corrected chi connectivity index (χ4v) is 4.48. The van der Waals surface area contributed by atoms with Crippen molar-refractivity contribution in [3.05, 3.63) is 53.6 Å². The number of hydrogen-bond acceptors (Lipinski definition) is 4. The lowest BCUT2D eigenvalue weighted by Gasteiger charge is -2.36. The Morgan fingerprint density at radius 3 is 2.41 bits per heavy atom. The molecule has 7 nitrogen and oxygen atoms in total. The number of nitrogens with one attached hydrogen (secondary N) is 3. The van der Waals surface area contributed by atoms with E-state index in [-0.39, 0.29) is 24.8 Å². The summed E-state index contributed by atoms with van der Waals surface area (Å²) in [4.78, 5) is 25.3. The molecule has 4 rings (SSSR count). The Kier molecular flexibility index (Phi) is 6.53. The molecule has 2 aromatic carbocycles. The first-order valence-electron chi connectivity index (χ1n) is 11.3. The Labute approximate surface area is 188 Å². The molecule has 1 fully saturated rings. The van der Waals surface area contributed by atoms with Crippen molar-refractivity contribution in [1.82, 2.24) is 10.6 Å². The lowest BCUT2D eigenvalue weighted by molar-refractivity contribution is -0.128. The summed E-state index contributed by atoms with van der Waals surface area (Å²) in [6, 6.07) is 13.2. The summed E-state index contributed by atoms with van der Waals surface area (Å²) in [6.45, 7) is 4.48. The van der Waals surface area contributed by atoms with Gasteiger partial charge in [0.2, 0.25) is 12.7 Å². The summed E-state index contributed by atoms with van der Waals surface area (Å²) in [5.41, 5.74) is 2.14. The number of hydrogen-bond donors (Lipinski definition) is 3. The second kappa shape index (κ2) is 9.51. The van der Waals surface area contributed by atoms with Gasteiger partial charge in [-0.2, -0.15) is 0 Å². The molecule has 0 atom stereocenters. The van der Waals surface area contributed by atoms with Crippen LogP contribution in [-0.2, 0) is 16.8 Å². The average Bonchev–Trinajstić information content (AvgIpc) is 3.26. The van der Waals surface area contributed by atoms with E-state index in [1.165, 1.54) is 0 Å². The lowest BCUT2D eigenvalue weighted by Crippen LogP contribution is -2.45. The van der Waals surface area contributed by atoms with Gasteiger partial charge in [-0.15, -0.1) is 0 Å². The van der Waals surface area contributed by atoms with Gasteiger partial charge in [0, 0.05) is 18.3 Å². The number of rotatable bonds is 6. The molecule has 0 saturated heterocycles. The van der Waals surface area contributed by atoms with Gasteiger partial charge in [-0.3, -0.25) is 4.79 Å². The number of amides is 3. The molecule has 3 amide bonds. The molecular formula is C25H31N3O4. The number of carbonyl (C=O) groups is 2. The maximum atomic E-state index is 13.5. The first-order chi connectivity index (χ1) is 15.5. The zero-order valence-electron chi connectivity index (χ0n) is 18.7. The molecule has 2 aromatic rings. The van der Waals surface area contributed by atoms with Crippen LogP contribution in [-0.4, -0.2) is 24.8 Å². The minimum atomic E-state index is -0.546. The average molecular weight is 438 g/mol. The lowest BCUT2D eigenvalue weighted by atomic mass is 9.68. The highest BCUT2D eigenvalue weighted by Crippen LogP contribution is 2.43. The van der Waals surface area contributed by atoms with E-state index in [0.29, 0.717) is 18.0 Å². The zero-order valence-corrected chi connectivity index (χ0v) is 18.7. The smallest absolute Gasteiger partial charge is 0.319 e. The number of urea groups is 1. The third-order valence-electron chi connectivity index (χ3n) is 6.15. The normalized spacial score (nSPS) is 16.5. The van der Waals surface area contributed by atoms with Crippen molar-refractivity contribution < 1.29 is 19.1 Å². The molecule has 0 spiro atoms. The molecular weight excluding hydrogens is 406 g/mol. The van der Waals surface area contributed by atoms with E-state index in [4.69, 9.17) is 9.47 Å². The minimum absolute atomic E-state index is 0.0505. The first-order valence-corrected chi connectivity index (χ1v) is 11.3. The molecule has 0 bridgehead atoms. The van der Waals surface area contributed by atoms with E-state index in [2.05, 4.69) is 16.0 Å². The molecule has 1 saturated carbocycles.